The normalized spacial score (nSPS) is 16.9. The molecule has 2 N–H and O–H groups in total. The van der Waals surface area contributed by atoms with Crippen LogP contribution in [0.5, 0.6) is 0 Å². The number of aliphatic imine (C=N–C) groups is 1. The molecule has 1 unspecified atom stereocenters. The van der Waals surface area contributed by atoms with Gasteiger partial charge < -0.3 is 10.6 Å². The van der Waals surface area contributed by atoms with Crippen molar-refractivity contribution < 1.29 is 0 Å². The SMILES string of the molecule is CN=C(NCc1cccc(C#N)c1)NCC1CCCN1Cc1ccccc1.I. The average Bonchev–Trinajstić information content (AvgIpc) is 3.16. The van der Waals surface area contributed by atoms with E-state index >= 15 is 0 Å². The summed E-state index contributed by atoms with van der Waals surface area (Å²) in [4.78, 5) is 6.87. The predicted molar refractivity (Wildman–Crippen MR) is 125 cm³/mol. The molecule has 0 aliphatic carbocycles. The summed E-state index contributed by atoms with van der Waals surface area (Å²) in [5, 5.41) is 15.8. The molecule has 0 radical (unpaired) electrons. The average molecular weight is 489 g/mol. The predicted octanol–water partition coefficient (Wildman–Crippen LogP) is 3.51. The molecule has 3 rings (SSSR count). The largest absolute Gasteiger partial charge is 0.355 e. The molecule has 0 amide bonds. The summed E-state index contributed by atoms with van der Waals surface area (Å²) < 4.78 is 0. The first-order valence-corrected chi connectivity index (χ1v) is 9.50. The summed E-state index contributed by atoms with van der Waals surface area (Å²) >= 11 is 0. The quantitative estimate of drug-likeness (QED) is 0.371. The minimum absolute atomic E-state index is 0. The van der Waals surface area contributed by atoms with Gasteiger partial charge in [-0.05, 0) is 42.6 Å². The van der Waals surface area contributed by atoms with Crippen molar-refractivity contribution in [2.45, 2.75) is 32.0 Å². The number of rotatable bonds is 6. The molecule has 5 nitrogen and oxygen atoms in total. The van der Waals surface area contributed by atoms with Crippen LogP contribution in [0.25, 0.3) is 0 Å². The minimum Gasteiger partial charge on any atom is -0.355 e. The molecule has 148 valence electrons. The summed E-state index contributed by atoms with van der Waals surface area (Å²) in [6.07, 6.45) is 2.45. The van der Waals surface area contributed by atoms with Crippen LogP contribution < -0.4 is 10.6 Å². The van der Waals surface area contributed by atoms with E-state index in [0.29, 0.717) is 18.2 Å². The first-order valence-electron chi connectivity index (χ1n) is 9.50. The number of hydrogen-bond donors (Lipinski definition) is 2. The van der Waals surface area contributed by atoms with Crippen molar-refractivity contribution in [3.63, 3.8) is 0 Å². The number of likely N-dealkylation sites (tertiary alicyclic amines) is 1. The standard InChI is InChI=1S/C22H27N5.HI/c1-24-22(25-15-20-10-5-9-19(13-20)14-23)26-16-21-11-6-12-27(21)17-18-7-3-2-4-8-18;/h2-5,7-10,13,21H,6,11-12,15-17H2,1H3,(H2,24,25,26);1H. The summed E-state index contributed by atoms with van der Waals surface area (Å²) in [7, 11) is 1.79. The molecule has 1 aliphatic heterocycles. The monoisotopic (exact) mass is 489 g/mol. The second kappa shape index (κ2) is 11.7. The highest BCUT2D eigenvalue weighted by atomic mass is 127. The van der Waals surface area contributed by atoms with Gasteiger partial charge in [-0.2, -0.15) is 5.26 Å². The number of nitrogens with zero attached hydrogens (tertiary/aromatic N) is 3. The van der Waals surface area contributed by atoms with Crippen molar-refractivity contribution in [3.05, 3.63) is 71.3 Å². The molecule has 0 bridgehead atoms. The fraction of sp³-hybridized carbons (Fsp3) is 0.364. The van der Waals surface area contributed by atoms with Gasteiger partial charge in [-0.3, -0.25) is 9.89 Å². The smallest absolute Gasteiger partial charge is 0.191 e. The number of nitrogens with one attached hydrogen (secondary N) is 2. The Kier molecular flexibility index (Phi) is 9.24. The molecule has 1 heterocycles. The fourth-order valence-electron chi connectivity index (χ4n) is 3.52. The zero-order valence-electron chi connectivity index (χ0n) is 16.3. The second-order valence-corrected chi connectivity index (χ2v) is 6.87. The van der Waals surface area contributed by atoms with Gasteiger partial charge in [0.05, 0.1) is 11.6 Å². The summed E-state index contributed by atoms with van der Waals surface area (Å²) in [5.74, 6) is 0.795. The number of guanidine groups is 1. The first kappa shape index (κ1) is 22.2. The Morgan fingerprint density at radius 1 is 1.14 bits per heavy atom. The molecule has 28 heavy (non-hydrogen) atoms. The van der Waals surface area contributed by atoms with Crippen LogP contribution in [-0.4, -0.2) is 37.0 Å². The van der Waals surface area contributed by atoms with Crippen molar-refractivity contribution in [1.82, 2.24) is 15.5 Å². The van der Waals surface area contributed by atoms with E-state index in [-0.39, 0.29) is 24.0 Å². The first-order chi connectivity index (χ1) is 13.3. The maximum absolute atomic E-state index is 9.01. The maximum atomic E-state index is 9.01. The lowest BCUT2D eigenvalue weighted by Crippen LogP contribution is -2.44. The minimum atomic E-state index is 0. The number of benzene rings is 2. The molecule has 0 saturated carbocycles. The van der Waals surface area contributed by atoms with Crippen molar-refractivity contribution in [2.24, 2.45) is 4.99 Å². The van der Waals surface area contributed by atoms with E-state index in [1.54, 1.807) is 7.05 Å². The van der Waals surface area contributed by atoms with Crippen LogP contribution in [0.2, 0.25) is 0 Å². The Hall–Kier alpha value is -2.11. The molecule has 0 spiro atoms. The lowest BCUT2D eigenvalue weighted by molar-refractivity contribution is 0.245. The molecule has 1 atom stereocenters. The van der Waals surface area contributed by atoms with Crippen LogP contribution in [0.4, 0.5) is 0 Å². The van der Waals surface area contributed by atoms with Gasteiger partial charge in [0.1, 0.15) is 0 Å². The fourth-order valence-corrected chi connectivity index (χ4v) is 3.52. The Morgan fingerprint density at radius 2 is 1.93 bits per heavy atom. The van der Waals surface area contributed by atoms with Gasteiger partial charge in [0.15, 0.2) is 5.96 Å². The molecule has 1 saturated heterocycles. The van der Waals surface area contributed by atoms with Crippen molar-refractivity contribution in [3.8, 4) is 6.07 Å². The van der Waals surface area contributed by atoms with Crippen LogP contribution in [0.1, 0.15) is 29.5 Å². The number of hydrogen-bond acceptors (Lipinski definition) is 3. The zero-order chi connectivity index (χ0) is 18.9. The number of nitriles is 1. The molecule has 2 aromatic rings. The van der Waals surface area contributed by atoms with Crippen molar-refractivity contribution in [2.75, 3.05) is 20.1 Å². The molecular formula is C22H28IN5. The zero-order valence-corrected chi connectivity index (χ0v) is 18.6. The lowest BCUT2D eigenvalue weighted by Gasteiger charge is -2.25. The van der Waals surface area contributed by atoms with Crippen LogP contribution >= 0.6 is 24.0 Å². The molecule has 1 fully saturated rings. The highest BCUT2D eigenvalue weighted by Crippen LogP contribution is 2.19. The highest BCUT2D eigenvalue weighted by molar-refractivity contribution is 14.0. The van der Waals surface area contributed by atoms with E-state index in [1.807, 2.05) is 24.3 Å². The van der Waals surface area contributed by atoms with Crippen LogP contribution in [0.15, 0.2) is 59.6 Å². The summed E-state index contributed by atoms with van der Waals surface area (Å²) in [6, 6.07) is 21.0. The van der Waals surface area contributed by atoms with Crippen LogP contribution in [0, 0.1) is 11.3 Å². The topological polar surface area (TPSA) is 63.5 Å². The Bertz CT molecular complexity index is 800. The lowest BCUT2D eigenvalue weighted by atomic mass is 10.1. The third kappa shape index (κ3) is 6.50. The Labute approximate surface area is 184 Å². The van der Waals surface area contributed by atoms with Gasteiger partial charge in [-0.25, -0.2) is 0 Å². The van der Waals surface area contributed by atoms with E-state index in [0.717, 1.165) is 31.2 Å². The van der Waals surface area contributed by atoms with Gasteiger partial charge in [0.2, 0.25) is 0 Å². The van der Waals surface area contributed by atoms with Crippen molar-refractivity contribution >= 4 is 29.9 Å². The molecule has 0 aromatic heterocycles. The van der Waals surface area contributed by atoms with Gasteiger partial charge in [0.25, 0.3) is 0 Å². The third-order valence-corrected chi connectivity index (χ3v) is 4.97. The third-order valence-electron chi connectivity index (χ3n) is 4.97. The number of halogens is 1. The van der Waals surface area contributed by atoms with Gasteiger partial charge in [-0.15, -0.1) is 24.0 Å². The van der Waals surface area contributed by atoms with Crippen LogP contribution in [0.3, 0.4) is 0 Å². The van der Waals surface area contributed by atoms with E-state index in [9.17, 15) is 0 Å². The van der Waals surface area contributed by atoms with Gasteiger partial charge >= 0.3 is 0 Å². The van der Waals surface area contributed by atoms with Crippen molar-refractivity contribution in [1.29, 1.82) is 5.26 Å². The van der Waals surface area contributed by atoms with E-state index in [1.165, 1.54) is 18.4 Å². The van der Waals surface area contributed by atoms with E-state index in [4.69, 9.17) is 5.26 Å². The summed E-state index contributed by atoms with van der Waals surface area (Å²) in [6.45, 7) is 3.67. The Morgan fingerprint density at radius 3 is 2.68 bits per heavy atom. The van der Waals surface area contributed by atoms with E-state index < -0.39 is 0 Å². The summed E-state index contributed by atoms with van der Waals surface area (Å²) in [5.41, 5.74) is 3.12. The van der Waals surface area contributed by atoms with Crippen LogP contribution in [-0.2, 0) is 13.1 Å². The molecule has 1 aliphatic rings. The molecule has 6 heteroatoms. The molecule has 2 aromatic carbocycles. The van der Waals surface area contributed by atoms with E-state index in [2.05, 4.69) is 56.9 Å². The van der Waals surface area contributed by atoms with Gasteiger partial charge in [-0.1, -0.05) is 42.5 Å². The highest BCUT2D eigenvalue weighted by Gasteiger charge is 2.24. The molecular weight excluding hydrogens is 461 g/mol. The second-order valence-electron chi connectivity index (χ2n) is 6.87. The Balaban J connectivity index is 0.00000280. The van der Waals surface area contributed by atoms with Gasteiger partial charge in [0, 0.05) is 32.7 Å². The maximum Gasteiger partial charge on any atom is 0.191 e.